The third kappa shape index (κ3) is 2.60. The molecule has 1 aliphatic rings. The van der Waals surface area contributed by atoms with Gasteiger partial charge in [0.1, 0.15) is 10.1 Å². The van der Waals surface area contributed by atoms with Crippen molar-refractivity contribution in [1.29, 1.82) is 0 Å². The highest BCUT2D eigenvalue weighted by Gasteiger charge is 2.31. The highest BCUT2D eigenvalue weighted by Crippen LogP contribution is 2.32. The van der Waals surface area contributed by atoms with Crippen LogP contribution in [0.3, 0.4) is 0 Å². The van der Waals surface area contributed by atoms with Crippen molar-refractivity contribution in [2.45, 2.75) is 32.6 Å². The van der Waals surface area contributed by atoms with Crippen molar-refractivity contribution in [1.82, 2.24) is 0 Å². The highest BCUT2D eigenvalue weighted by atomic mass is 35.5. The number of aryl methyl sites for hydroxylation is 1. The Morgan fingerprint density at radius 3 is 2.37 bits per heavy atom. The van der Waals surface area contributed by atoms with Crippen LogP contribution in [0.1, 0.15) is 52.5 Å². The van der Waals surface area contributed by atoms with Crippen molar-refractivity contribution in [3.63, 3.8) is 0 Å². The average molecular weight is 297 g/mol. The molecule has 1 aliphatic carbocycles. The molecule has 4 heteroatoms. The summed E-state index contributed by atoms with van der Waals surface area (Å²) in [4.78, 5) is 24.2. The molecule has 0 amide bonds. The third-order valence-electron chi connectivity index (χ3n) is 3.26. The Morgan fingerprint density at radius 2 is 1.68 bits per heavy atom. The van der Waals surface area contributed by atoms with Gasteiger partial charge >= 0.3 is 0 Å². The molecule has 0 radical (unpaired) electrons. The molecule has 0 spiro atoms. The van der Waals surface area contributed by atoms with Crippen molar-refractivity contribution in [3.8, 4) is 0 Å². The van der Waals surface area contributed by atoms with Gasteiger partial charge in [-0.1, -0.05) is 61.2 Å². The summed E-state index contributed by atoms with van der Waals surface area (Å²) in [6, 6.07) is 5.29. The first kappa shape index (κ1) is 14.3. The number of hydrogen-bond acceptors (Lipinski definition) is 2. The summed E-state index contributed by atoms with van der Waals surface area (Å²) in [5.74, 6) is -0.702. The Morgan fingerprint density at radius 1 is 1.00 bits per heavy atom. The van der Waals surface area contributed by atoms with E-state index in [1.165, 1.54) is 0 Å². The van der Waals surface area contributed by atoms with E-state index in [1.807, 2.05) is 6.07 Å². The zero-order valence-corrected chi connectivity index (χ0v) is 12.1. The Hall–Kier alpha value is -1.12. The number of unbranched alkanes of at least 4 members (excludes halogenated alkanes) is 2. The van der Waals surface area contributed by atoms with Crippen LogP contribution in [0.5, 0.6) is 0 Å². The van der Waals surface area contributed by atoms with Gasteiger partial charge in [-0.05, 0) is 18.4 Å². The number of carbonyl (C=O) groups is 2. The van der Waals surface area contributed by atoms with Crippen LogP contribution in [0.4, 0.5) is 0 Å². The topological polar surface area (TPSA) is 34.1 Å². The van der Waals surface area contributed by atoms with Crippen LogP contribution in [0.25, 0.3) is 0 Å². The minimum absolute atomic E-state index is 0.165. The van der Waals surface area contributed by atoms with Crippen LogP contribution in [-0.4, -0.2) is 11.6 Å². The Bertz CT molecular complexity index is 574. The molecule has 100 valence electrons. The second kappa shape index (κ2) is 5.89. The number of hydrogen-bond donors (Lipinski definition) is 0. The predicted molar refractivity (Wildman–Crippen MR) is 77.1 cm³/mol. The normalized spacial score (nSPS) is 14.9. The number of allylic oxidation sites excluding steroid dienone is 2. The summed E-state index contributed by atoms with van der Waals surface area (Å²) < 4.78 is 0. The maximum Gasteiger partial charge on any atom is 0.207 e. The summed E-state index contributed by atoms with van der Waals surface area (Å²) >= 11 is 11.6. The number of rotatable bonds is 4. The summed E-state index contributed by atoms with van der Waals surface area (Å²) in [5.41, 5.74) is 1.68. The van der Waals surface area contributed by atoms with Crippen LogP contribution < -0.4 is 0 Å². The Balaban J connectivity index is 2.44. The molecular weight excluding hydrogens is 283 g/mol. The molecule has 0 fully saturated rings. The molecule has 0 aliphatic heterocycles. The molecule has 0 saturated heterocycles. The maximum absolute atomic E-state index is 12.2. The zero-order chi connectivity index (χ0) is 14.0. The van der Waals surface area contributed by atoms with Crippen LogP contribution in [0.15, 0.2) is 28.3 Å². The van der Waals surface area contributed by atoms with Crippen molar-refractivity contribution in [2.75, 3.05) is 0 Å². The van der Waals surface area contributed by atoms with E-state index >= 15 is 0 Å². The molecule has 1 aromatic carbocycles. The van der Waals surface area contributed by atoms with E-state index in [1.54, 1.807) is 12.1 Å². The lowest BCUT2D eigenvalue weighted by Gasteiger charge is -2.17. The fourth-order valence-electron chi connectivity index (χ4n) is 2.26. The van der Waals surface area contributed by atoms with Gasteiger partial charge in [-0.25, -0.2) is 0 Å². The van der Waals surface area contributed by atoms with Crippen LogP contribution in [-0.2, 0) is 6.42 Å². The van der Waals surface area contributed by atoms with Crippen molar-refractivity contribution in [2.24, 2.45) is 0 Å². The average Bonchev–Trinajstić information content (AvgIpc) is 2.43. The first-order chi connectivity index (χ1) is 9.07. The van der Waals surface area contributed by atoms with Crippen molar-refractivity contribution in [3.05, 3.63) is 45.0 Å². The fraction of sp³-hybridized carbons (Fsp3) is 0.333. The van der Waals surface area contributed by atoms with E-state index in [9.17, 15) is 9.59 Å². The molecule has 0 heterocycles. The quantitative estimate of drug-likeness (QED) is 0.767. The van der Waals surface area contributed by atoms with Gasteiger partial charge in [-0.15, -0.1) is 0 Å². The summed E-state index contributed by atoms with van der Waals surface area (Å²) in [5, 5.41) is -0.341. The number of halogens is 2. The standard InChI is InChI=1S/C15H14Cl2O2/c1-2-3-4-6-9-7-5-8-10-11(9)15(19)13(17)12(16)14(10)18/h5,7-8H,2-4,6H2,1H3. The smallest absolute Gasteiger partial charge is 0.207 e. The lowest BCUT2D eigenvalue weighted by Crippen LogP contribution is -2.19. The van der Waals surface area contributed by atoms with Crippen molar-refractivity contribution >= 4 is 34.8 Å². The van der Waals surface area contributed by atoms with E-state index in [0.29, 0.717) is 11.1 Å². The summed E-state index contributed by atoms with van der Waals surface area (Å²) in [6.45, 7) is 2.12. The lowest BCUT2D eigenvalue weighted by molar-refractivity contribution is 0.0986. The molecule has 2 nitrogen and oxygen atoms in total. The van der Waals surface area contributed by atoms with Gasteiger partial charge in [0, 0.05) is 11.1 Å². The van der Waals surface area contributed by atoms with Crippen molar-refractivity contribution < 1.29 is 9.59 Å². The first-order valence-electron chi connectivity index (χ1n) is 6.34. The maximum atomic E-state index is 12.2. The molecule has 0 N–H and O–H groups in total. The lowest BCUT2D eigenvalue weighted by atomic mass is 9.88. The minimum Gasteiger partial charge on any atom is -0.288 e. The Labute approximate surface area is 122 Å². The SMILES string of the molecule is CCCCCc1cccc2c1C(=O)C(Cl)=C(Cl)C2=O. The van der Waals surface area contributed by atoms with Gasteiger partial charge in [-0.2, -0.15) is 0 Å². The number of ketones is 2. The zero-order valence-electron chi connectivity index (χ0n) is 10.6. The molecule has 2 rings (SSSR count). The predicted octanol–water partition coefficient (Wildman–Crippen LogP) is 4.49. The van der Waals surface area contributed by atoms with E-state index in [-0.39, 0.29) is 21.6 Å². The third-order valence-corrected chi connectivity index (χ3v) is 4.08. The molecule has 0 bridgehead atoms. The summed E-state index contributed by atoms with van der Waals surface area (Å²) in [7, 11) is 0. The fourth-order valence-corrected chi connectivity index (χ4v) is 2.63. The molecular formula is C15H14Cl2O2. The summed E-state index contributed by atoms with van der Waals surface area (Å²) in [6.07, 6.45) is 3.96. The van der Waals surface area contributed by atoms with E-state index in [0.717, 1.165) is 31.2 Å². The van der Waals surface area contributed by atoms with Gasteiger partial charge in [-0.3, -0.25) is 9.59 Å². The van der Waals surface area contributed by atoms with Crippen LogP contribution in [0.2, 0.25) is 0 Å². The number of fused-ring (bicyclic) bond motifs is 1. The second-order valence-corrected chi connectivity index (χ2v) is 5.34. The molecule has 19 heavy (non-hydrogen) atoms. The van der Waals surface area contributed by atoms with Gasteiger partial charge in [0.2, 0.25) is 11.6 Å². The molecule has 1 aromatic rings. The monoisotopic (exact) mass is 296 g/mol. The van der Waals surface area contributed by atoms with Gasteiger partial charge in [0.05, 0.1) is 0 Å². The molecule has 0 atom stereocenters. The second-order valence-electron chi connectivity index (χ2n) is 4.58. The first-order valence-corrected chi connectivity index (χ1v) is 7.10. The highest BCUT2D eigenvalue weighted by molar-refractivity contribution is 6.59. The van der Waals surface area contributed by atoms with Gasteiger partial charge in [0.15, 0.2) is 0 Å². The molecule has 0 aromatic heterocycles. The minimum atomic E-state index is -0.362. The van der Waals surface area contributed by atoms with Crippen LogP contribution >= 0.6 is 23.2 Å². The molecule has 0 unspecified atom stereocenters. The number of benzene rings is 1. The van der Waals surface area contributed by atoms with Gasteiger partial charge in [0.25, 0.3) is 0 Å². The van der Waals surface area contributed by atoms with E-state index in [4.69, 9.17) is 23.2 Å². The van der Waals surface area contributed by atoms with E-state index < -0.39 is 0 Å². The largest absolute Gasteiger partial charge is 0.288 e. The van der Waals surface area contributed by atoms with E-state index in [2.05, 4.69) is 6.92 Å². The number of carbonyl (C=O) groups excluding carboxylic acids is 2. The number of Topliss-reactive ketones (excluding diaryl/α,β-unsaturated/α-hetero) is 2. The Kier molecular flexibility index (Phi) is 4.43. The van der Waals surface area contributed by atoms with Crippen LogP contribution in [0, 0.1) is 0 Å². The molecule has 0 saturated carbocycles. The van der Waals surface area contributed by atoms with Gasteiger partial charge < -0.3 is 0 Å².